The molecule has 0 bridgehead atoms. The smallest absolute Gasteiger partial charge is 0.240 e. The van der Waals surface area contributed by atoms with Crippen molar-refractivity contribution >= 4 is 50.8 Å². The van der Waals surface area contributed by atoms with Crippen LogP contribution < -0.4 is 4.90 Å². The number of amides is 2. The molecule has 0 spiro atoms. The van der Waals surface area contributed by atoms with Gasteiger partial charge in [0.15, 0.2) is 5.78 Å². The molecule has 2 amide bonds. The summed E-state index contributed by atoms with van der Waals surface area (Å²) in [5.74, 6) is -2.17. The van der Waals surface area contributed by atoms with Gasteiger partial charge in [0.1, 0.15) is 6.04 Å². The molecule has 2 aromatic carbocycles. The molecule has 3 aliphatic heterocycles. The Labute approximate surface area is 210 Å². The summed E-state index contributed by atoms with van der Waals surface area (Å²) in [6.07, 6.45) is 7.75. The van der Waals surface area contributed by atoms with E-state index in [-0.39, 0.29) is 23.6 Å². The Balaban J connectivity index is 1.50. The lowest BCUT2D eigenvalue weighted by Crippen LogP contribution is -2.47. The third kappa shape index (κ3) is 3.08. The van der Waals surface area contributed by atoms with Crippen LogP contribution in [0.5, 0.6) is 0 Å². The summed E-state index contributed by atoms with van der Waals surface area (Å²) in [6.45, 7) is 0. The first kappa shape index (κ1) is 21.6. The third-order valence-electron chi connectivity index (χ3n) is 7.20. The minimum Gasteiger partial charge on any atom is -0.358 e. The van der Waals surface area contributed by atoms with E-state index in [1.54, 1.807) is 48.5 Å². The van der Waals surface area contributed by atoms with Gasteiger partial charge in [-0.2, -0.15) is 0 Å². The van der Waals surface area contributed by atoms with Crippen LogP contribution in [-0.4, -0.2) is 34.6 Å². The van der Waals surface area contributed by atoms with Gasteiger partial charge in [0.2, 0.25) is 11.8 Å². The molecule has 2 fully saturated rings. The van der Waals surface area contributed by atoms with Gasteiger partial charge in [-0.3, -0.25) is 14.4 Å². The number of carbonyl (C=O) groups is 3. The summed E-state index contributed by atoms with van der Waals surface area (Å²) in [4.78, 5) is 44.7. The highest BCUT2D eigenvalue weighted by Crippen LogP contribution is 2.51. The summed E-state index contributed by atoms with van der Waals surface area (Å²) in [5.41, 5.74) is 3.07. The Kier molecular flexibility index (Phi) is 5.12. The molecular formula is C27H20BrClN2O3. The fraction of sp³-hybridized carbons (Fsp3) is 0.222. The highest BCUT2D eigenvalue weighted by molar-refractivity contribution is 9.11. The lowest BCUT2D eigenvalue weighted by Gasteiger charge is -2.38. The van der Waals surface area contributed by atoms with Crippen molar-refractivity contribution < 1.29 is 14.4 Å². The second-order valence-electron chi connectivity index (χ2n) is 8.94. The van der Waals surface area contributed by atoms with Gasteiger partial charge in [0, 0.05) is 21.3 Å². The number of ketones is 1. The molecule has 4 atom stereocenters. The normalized spacial score (nSPS) is 27.5. The standard InChI is InChI=1S/C27H20BrClN2O3/c28-20-8-4-7-19-18(20)13-14-30-23(19)21-22(24(30)25(32)15-9-11-16(29)12-10-15)27(34)31(26(21)33)17-5-2-1-3-6-17/h1-3,5-7,9-14,21-24H,4,8H2/t21-,22+,23?,24?/m0/s1. The van der Waals surface area contributed by atoms with E-state index < -0.39 is 17.9 Å². The fourth-order valence-corrected chi connectivity index (χ4v) is 6.47. The quantitative estimate of drug-likeness (QED) is 0.397. The van der Waals surface area contributed by atoms with Crippen LogP contribution in [0.3, 0.4) is 0 Å². The van der Waals surface area contributed by atoms with Crippen LogP contribution in [0.15, 0.2) is 88.6 Å². The number of halogens is 2. The van der Waals surface area contributed by atoms with Crippen molar-refractivity contribution in [2.24, 2.45) is 11.8 Å². The third-order valence-corrected chi connectivity index (χ3v) is 8.27. The summed E-state index contributed by atoms with van der Waals surface area (Å²) in [7, 11) is 0. The molecule has 0 aromatic heterocycles. The molecule has 170 valence electrons. The number of Topliss-reactive ketones (excluding diaryl/α,β-unsaturated/α-hetero) is 1. The summed E-state index contributed by atoms with van der Waals surface area (Å²) < 4.78 is 1.08. The van der Waals surface area contributed by atoms with Gasteiger partial charge in [-0.15, -0.1) is 0 Å². The van der Waals surface area contributed by atoms with E-state index in [1.165, 1.54) is 4.90 Å². The number of fused-ring (bicyclic) bond motifs is 5. The number of allylic oxidation sites excluding steroid dienone is 3. The molecule has 0 radical (unpaired) electrons. The molecule has 0 N–H and O–H groups in total. The van der Waals surface area contributed by atoms with E-state index in [0.29, 0.717) is 16.3 Å². The van der Waals surface area contributed by atoms with Gasteiger partial charge in [0.05, 0.1) is 23.6 Å². The minimum atomic E-state index is -0.777. The van der Waals surface area contributed by atoms with Crippen molar-refractivity contribution in [2.45, 2.75) is 24.9 Å². The molecule has 6 rings (SSSR count). The molecule has 5 nitrogen and oxygen atoms in total. The SMILES string of the molecule is O=C(c1ccc(Cl)cc1)C1[C@@H]2C(=O)N(c3ccccc3)C(=O)[C@@H]2C2C3=CCCC(Br)=C3C=CN21. The van der Waals surface area contributed by atoms with Crippen LogP contribution in [-0.2, 0) is 9.59 Å². The first-order valence-corrected chi connectivity index (χ1v) is 12.4. The molecule has 4 aliphatic rings. The van der Waals surface area contributed by atoms with Crippen molar-refractivity contribution in [1.29, 1.82) is 0 Å². The molecular weight excluding hydrogens is 516 g/mol. The summed E-state index contributed by atoms with van der Waals surface area (Å²) in [6, 6.07) is 14.5. The first-order valence-electron chi connectivity index (χ1n) is 11.2. The number of hydrogen-bond acceptors (Lipinski definition) is 4. The van der Waals surface area contributed by atoms with Crippen molar-refractivity contribution in [3.05, 3.63) is 99.2 Å². The van der Waals surface area contributed by atoms with Crippen LogP contribution in [0, 0.1) is 11.8 Å². The molecule has 0 saturated carbocycles. The molecule has 7 heteroatoms. The van der Waals surface area contributed by atoms with E-state index in [2.05, 4.69) is 22.0 Å². The van der Waals surface area contributed by atoms with E-state index in [0.717, 1.165) is 28.5 Å². The van der Waals surface area contributed by atoms with Crippen LogP contribution in [0.4, 0.5) is 5.69 Å². The Bertz CT molecular complexity index is 1320. The number of benzene rings is 2. The topological polar surface area (TPSA) is 57.7 Å². The molecule has 2 unspecified atom stereocenters. The average Bonchev–Trinajstić information content (AvgIpc) is 3.32. The Morgan fingerprint density at radius 3 is 2.41 bits per heavy atom. The zero-order valence-electron chi connectivity index (χ0n) is 18.0. The van der Waals surface area contributed by atoms with Gasteiger partial charge in [-0.05, 0) is 66.5 Å². The van der Waals surface area contributed by atoms with E-state index in [9.17, 15) is 14.4 Å². The van der Waals surface area contributed by atoms with E-state index in [4.69, 9.17) is 11.6 Å². The Morgan fingerprint density at radius 2 is 1.68 bits per heavy atom. The fourth-order valence-electron chi connectivity index (χ4n) is 5.76. The number of nitrogens with zero attached hydrogens (tertiary/aromatic N) is 2. The summed E-state index contributed by atoms with van der Waals surface area (Å²) >= 11 is 9.73. The van der Waals surface area contributed by atoms with Crippen molar-refractivity contribution in [3.63, 3.8) is 0 Å². The predicted molar refractivity (Wildman–Crippen MR) is 134 cm³/mol. The molecule has 2 aromatic rings. The molecule has 1 aliphatic carbocycles. The second-order valence-corrected chi connectivity index (χ2v) is 10.3. The van der Waals surface area contributed by atoms with Crippen LogP contribution >= 0.6 is 27.5 Å². The number of imide groups is 1. The Morgan fingerprint density at radius 1 is 0.971 bits per heavy atom. The van der Waals surface area contributed by atoms with E-state index in [1.807, 2.05) is 23.2 Å². The number of hydrogen-bond donors (Lipinski definition) is 0. The largest absolute Gasteiger partial charge is 0.358 e. The lowest BCUT2D eigenvalue weighted by atomic mass is 9.80. The molecule has 2 saturated heterocycles. The number of para-hydroxylation sites is 1. The highest BCUT2D eigenvalue weighted by Gasteiger charge is 2.65. The van der Waals surface area contributed by atoms with E-state index >= 15 is 0 Å². The Hall–Kier alpha value is -2.96. The van der Waals surface area contributed by atoms with Gasteiger partial charge in [-0.25, -0.2) is 4.90 Å². The van der Waals surface area contributed by atoms with Crippen LogP contribution in [0.25, 0.3) is 0 Å². The summed E-state index contributed by atoms with van der Waals surface area (Å²) in [5, 5.41) is 0.533. The average molecular weight is 536 g/mol. The molecule has 34 heavy (non-hydrogen) atoms. The van der Waals surface area contributed by atoms with Gasteiger partial charge in [0.25, 0.3) is 0 Å². The van der Waals surface area contributed by atoms with Crippen molar-refractivity contribution in [3.8, 4) is 0 Å². The van der Waals surface area contributed by atoms with Gasteiger partial charge in [-0.1, -0.05) is 51.8 Å². The number of anilines is 1. The minimum absolute atomic E-state index is 0.183. The van der Waals surface area contributed by atoms with Crippen LogP contribution in [0.2, 0.25) is 5.02 Å². The zero-order chi connectivity index (χ0) is 23.6. The maximum atomic E-state index is 13.8. The number of carbonyl (C=O) groups excluding carboxylic acids is 3. The van der Waals surface area contributed by atoms with Crippen molar-refractivity contribution in [1.82, 2.24) is 4.90 Å². The lowest BCUT2D eigenvalue weighted by molar-refractivity contribution is -0.123. The van der Waals surface area contributed by atoms with Gasteiger partial charge < -0.3 is 4.90 Å². The molecule has 3 heterocycles. The maximum Gasteiger partial charge on any atom is 0.240 e. The van der Waals surface area contributed by atoms with Crippen molar-refractivity contribution in [2.75, 3.05) is 4.90 Å². The monoisotopic (exact) mass is 534 g/mol. The predicted octanol–water partition coefficient (Wildman–Crippen LogP) is 5.28. The highest BCUT2D eigenvalue weighted by atomic mass is 79.9. The second kappa shape index (κ2) is 8.07. The first-order chi connectivity index (χ1) is 16.5. The van der Waals surface area contributed by atoms with Crippen LogP contribution in [0.1, 0.15) is 23.2 Å². The number of rotatable bonds is 3. The van der Waals surface area contributed by atoms with Gasteiger partial charge >= 0.3 is 0 Å². The zero-order valence-corrected chi connectivity index (χ0v) is 20.4. The maximum absolute atomic E-state index is 13.8.